The third-order valence-electron chi connectivity index (χ3n) is 3.52. The van der Waals surface area contributed by atoms with Crippen molar-refractivity contribution in [3.63, 3.8) is 0 Å². The summed E-state index contributed by atoms with van der Waals surface area (Å²) in [6, 6.07) is 9.51. The maximum absolute atomic E-state index is 9.84. The van der Waals surface area contributed by atoms with Gasteiger partial charge in [-0.15, -0.1) is 0 Å². The summed E-state index contributed by atoms with van der Waals surface area (Å²) in [7, 11) is 0. The molecule has 0 amide bonds. The van der Waals surface area contributed by atoms with Crippen molar-refractivity contribution in [2.45, 2.75) is 32.1 Å². The van der Waals surface area contributed by atoms with Gasteiger partial charge < -0.3 is 9.52 Å². The first kappa shape index (κ1) is 13.6. The maximum Gasteiger partial charge on any atom is 0.312 e. The molecule has 0 radical (unpaired) electrons. The minimum absolute atomic E-state index is 0.188. The van der Waals surface area contributed by atoms with Crippen LogP contribution in [0.1, 0.15) is 37.8 Å². The van der Waals surface area contributed by atoms with Crippen LogP contribution in [0.25, 0.3) is 11.5 Å². The summed E-state index contributed by atoms with van der Waals surface area (Å²) in [5, 5.41) is 9.84. The van der Waals surface area contributed by atoms with Gasteiger partial charge in [-0.25, -0.2) is 4.98 Å². The maximum atomic E-state index is 9.84. The van der Waals surface area contributed by atoms with Crippen molar-refractivity contribution in [2.24, 2.45) is 4.99 Å². The first-order chi connectivity index (χ1) is 10.3. The van der Waals surface area contributed by atoms with Crippen LogP contribution in [0.5, 0.6) is 5.95 Å². The second-order valence-electron chi connectivity index (χ2n) is 5.13. The van der Waals surface area contributed by atoms with Crippen molar-refractivity contribution in [1.29, 1.82) is 0 Å². The van der Waals surface area contributed by atoms with Gasteiger partial charge in [0, 0.05) is 11.3 Å². The third-order valence-corrected chi connectivity index (χ3v) is 3.52. The molecule has 0 atom stereocenters. The molecular weight excluding hydrogens is 264 g/mol. The summed E-state index contributed by atoms with van der Waals surface area (Å²) < 4.78 is 5.30. The second kappa shape index (κ2) is 6.39. The van der Waals surface area contributed by atoms with Crippen LogP contribution in [-0.2, 0) is 0 Å². The molecule has 1 N–H and O–H groups in total. The molecule has 21 heavy (non-hydrogen) atoms. The Bertz CT molecular complexity index is 657. The smallest absolute Gasteiger partial charge is 0.312 e. The van der Waals surface area contributed by atoms with Gasteiger partial charge in [0.2, 0.25) is 5.89 Å². The van der Waals surface area contributed by atoms with E-state index in [1.54, 1.807) is 6.21 Å². The van der Waals surface area contributed by atoms with E-state index in [9.17, 15) is 5.11 Å². The zero-order valence-electron chi connectivity index (χ0n) is 11.8. The lowest BCUT2D eigenvalue weighted by Gasteiger charge is -1.95. The predicted octanol–water partition coefficient (Wildman–Crippen LogP) is 4.31. The van der Waals surface area contributed by atoms with Crippen LogP contribution in [0.3, 0.4) is 0 Å². The molecule has 4 heteroatoms. The standard InChI is InChI=1S/C17H18N2O2/c20-17-15(12-18-14-10-6-1-2-7-11-14)19-16(21-17)13-8-4-3-5-9-13/h3-5,8-10,12,20H,1-2,6-7,11H2. The fraction of sp³-hybridized carbons (Fsp3) is 0.294. The number of aromatic hydroxyl groups is 1. The third kappa shape index (κ3) is 3.40. The molecule has 1 aliphatic carbocycles. The molecule has 0 spiro atoms. The van der Waals surface area contributed by atoms with Crippen molar-refractivity contribution in [2.75, 3.05) is 0 Å². The van der Waals surface area contributed by atoms with Crippen molar-refractivity contribution in [1.82, 2.24) is 4.98 Å². The van der Waals surface area contributed by atoms with Crippen molar-refractivity contribution < 1.29 is 9.52 Å². The Morgan fingerprint density at radius 1 is 1.14 bits per heavy atom. The molecule has 1 aliphatic rings. The highest BCUT2D eigenvalue weighted by Gasteiger charge is 2.12. The average Bonchev–Trinajstić information content (AvgIpc) is 2.73. The largest absolute Gasteiger partial charge is 0.479 e. The molecule has 3 rings (SSSR count). The SMILES string of the molecule is Oc1oc(-c2ccccc2)nc1C=NC1=CCCCCC1. The van der Waals surface area contributed by atoms with Crippen LogP contribution in [0.2, 0.25) is 0 Å². The summed E-state index contributed by atoms with van der Waals surface area (Å²) in [6.07, 6.45) is 9.47. The summed E-state index contributed by atoms with van der Waals surface area (Å²) in [5.41, 5.74) is 2.27. The fourth-order valence-electron chi connectivity index (χ4n) is 2.37. The van der Waals surface area contributed by atoms with Crippen LogP contribution in [-0.4, -0.2) is 16.3 Å². The van der Waals surface area contributed by atoms with E-state index in [1.807, 2.05) is 30.3 Å². The number of benzene rings is 1. The summed E-state index contributed by atoms with van der Waals surface area (Å²) >= 11 is 0. The van der Waals surface area contributed by atoms with Gasteiger partial charge in [0.25, 0.3) is 0 Å². The lowest BCUT2D eigenvalue weighted by molar-refractivity contribution is 0.337. The lowest BCUT2D eigenvalue weighted by atomic mass is 10.2. The Hall–Kier alpha value is -2.36. The van der Waals surface area contributed by atoms with E-state index in [2.05, 4.69) is 16.1 Å². The predicted molar refractivity (Wildman–Crippen MR) is 82.4 cm³/mol. The number of hydrogen-bond donors (Lipinski definition) is 1. The molecule has 4 nitrogen and oxygen atoms in total. The average molecular weight is 282 g/mol. The Labute approximate surface area is 123 Å². The van der Waals surface area contributed by atoms with Gasteiger partial charge in [0.05, 0.1) is 6.21 Å². The first-order valence-electron chi connectivity index (χ1n) is 7.31. The molecule has 0 fully saturated rings. The number of hydrogen-bond acceptors (Lipinski definition) is 4. The molecule has 2 aromatic rings. The van der Waals surface area contributed by atoms with Gasteiger partial charge in [-0.1, -0.05) is 30.7 Å². The van der Waals surface area contributed by atoms with Crippen molar-refractivity contribution in [3.05, 3.63) is 47.8 Å². The van der Waals surface area contributed by atoms with Crippen LogP contribution >= 0.6 is 0 Å². The Kier molecular flexibility index (Phi) is 4.15. The number of aliphatic imine (C=N–C) groups is 1. The minimum Gasteiger partial charge on any atom is -0.479 e. The molecule has 0 aliphatic heterocycles. The zero-order valence-corrected chi connectivity index (χ0v) is 11.8. The van der Waals surface area contributed by atoms with Crippen LogP contribution in [0.15, 0.2) is 51.5 Å². The number of allylic oxidation sites excluding steroid dienone is 2. The molecule has 0 saturated heterocycles. The van der Waals surface area contributed by atoms with Crippen LogP contribution < -0.4 is 0 Å². The molecular formula is C17H18N2O2. The van der Waals surface area contributed by atoms with Crippen LogP contribution in [0.4, 0.5) is 0 Å². The number of nitrogens with zero attached hydrogens (tertiary/aromatic N) is 2. The molecule has 1 aromatic carbocycles. The van der Waals surface area contributed by atoms with Gasteiger partial charge >= 0.3 is 5.95 Å². The minimum atomic E-state index is -0.188. The van der Waals surface area contributed by atoms with E-state index in [1.165, 1.54) is 19.3 Å². The lowest BCUT2D eigenvalue weighted by Crippen LogP contribution is -1.85. The van der Waals surface area contributed by atoms with Crippen molar-refractivity contribution in [3.8, 4) is 17.4 Å². The Morgan fingerprint density at radius 2 is 2.00 bits per heavy atom. The van der Waals surface area contributed by atoms with Gasteiger partial charge in [-0.3, -0.25) is 4.99 Å². The van der Waals surface area contributed by atoms with Gasteiger partial charge in [-0.2, -0.15) is 0 Å². The topological polar surface area (TPSA) is 58.6 Å². The quantitative estimate of drug-likeness (QED) is 0.853. The number of aromatic nitrogens is 1. The summed E-state index contributed by atoms with van der Waals surface area (Å²) in [5.74, 6) is 0.219. The normalized spacial score (nSPS) is 15.9. The molecule has 1 aromatic heterocycles. The highest BCUT2D eigenvalue weighted by Crippen LogP contribution is 2.25. The molecule has 0 bridgehead atoms. The Balaban J connectivity index is 1.80. The summed E-state index contributed by atoms with van der Waals surface area (Å²) in [4.78, 5) is 8.73. The fourth-order valence-corrected chi connectivity index (χ4v) is 2.37. The monoisotopic (exact) mass is 282 g/mol. The molecule has 0 saturated carbocycles. The van der Waals surface area contributed by atoms with Crippen molar-refractivity contribution >= 4 is 6.21 Å². The Morgan fingerprint density at radius 3 is 2.86 bits per heavy atom. The number of rotatable bonds is 3. The zero-order chi connectivity index (χ0) is 14.5. The highest BCUT2D eigenvalue weighted by molar-refractivity contribution is 5.81. The first-order valence-corrected chi connectivity index (χ1v) is 7.31. The molecule has 108 valence electrons. The number of oxazole rings is 1. The van der Waals surface area contributed by atoms with Gasteiger partial charge in [0.15, 0.2) is 5.69 Å². The van der Waals surface area contributed by atoms with Gasteiger partial charge in [-0.05, 0) is 37.8 Å². The van der Waals surface area contributed by atoms with E-state index in [0.717, 1.165) is 24.1 Å². The highest BCUT2D eigenvalue weighted by atomic mass is 16.5. The van der Waals surface area contributed by atoms with Gasteiger partial charge in [0.1, 0.15) is 0 Å². The van der Waals surface area contributed by atoms with E-state index in [4.69, 9.17) is 4.42 Å². The molecule has 0 unspecified atom stereocenters. The van der Waals surface area contributed by atoms with E-state index in [0.29, 0.717) is 11.6 Å². The molecule has 1 heterocycles. The summed E-state index contributed by atoms with van der Waals surface area (Å²) in [6.45, 7) is 0. The van der Waals surface area contributed by atoms with E-state index in [-0.39, 0.29) is 5.95 Å². The second-order valence-corrected chi connectivity index (χ2v) is 5.13. The van der Waals surface area contributed by atoms with E-state index < -0.39 is 0 Å². The van der Waals surface area contributed by atoms with E-state index >= 15 is 0 Å². The van der Waals surface area contributed by atoms with Crippen LogP contribution in [0, 0.1) is 0 Å².